The molecule has 2 unspecified atom stereocenters. The van der Waals surface area contributed by atoms with Crippen molar-refractivity contribution < 1.29 is 9.53 Å². The van der Waals surface area contributed by atoms with E-state index in [0.29, 0.717) is 11.8 Å². The highest BCUT2D eigenvalue weighted by Crippen LogP contribution is 2.32. The number of amides is 1. The maximum Gasteiger partial charge on any atom is 0.410 e. The molecule has 23 heavy (non-hydrogen) atoms. The molecular formula is C18H25BrN2O2. The van der Waals surface area contributed by atoms with E-state index in [1.54, 1.807) is 0 Å². The van der Waals surface area contributed by atoms with E-state index in [1.807, 2.05) is 25.7 Å². The van der Waals surface area contributed by atoms with Gasteiger partial charge in [0, 0.05) is 37.2 Å². The molecule has 3 rings (SSSR count). The van der Waals surface area contributed by atoms with Crippen LogP contribution in [-0.4, -0.2) is 47.7 Å². The Morgan fingerprint density at radius 2 is 1.70 bits per heavy atom. The average molecular weight is 381 g/mol. The van der Waals surface area contributed by atoms with Crippen LogP contribution in [0.3, 0.4) is 0 Å². The van der Waals surface area contributed by atoms with Gasteiger partial charge in [-0.25, -0.2) is 4.79 Å². The van der Waals surface area contributed by atoms with E-state index in [-0.39, 0.29) is 6.09 Å². The molecule has 2 heterocycles. The SMILES string of the molecule is CC(C)(C)OC(=O)N1CC2CN(Cc3ccc(Br)cc3)CC2C1. The van der Waals surface area contributed by atoms with Gasteiger partial charge < -0.3 is 9.64 Å². The summed E-state index contributed by atoms with van der Waals surface area (Å²) in [5, 5.41) is 0. The van der Waals surface area contributed by atoms with E-state index >= 15 is 0 Å². The minimum absolute atomic E-state index is 0.161. The molecule has 0 N–H and O–H groups in total. The quantitative estimate of drug-likeness (QED) is 0.782. The summed E-state index contributed by atoms with van der Waals surface area (Å²) in [5.41, 5.74) is 0.930. The second-order valence-corrected chi connectivity index (χ2v) is 8.64. The molecular weight excluding hydrogens is 356 g/mol. The molecule has 0 bridgehead atoms. The van der Waals surface area contributed by atoms with E-state index in [9.17, 15) is 4.79 Å². The lowest BCUT2D eigenvalue weighted by molar-refractivity contribution is 0.0274. The number of fused-ring (bicyclic) bond motifs is 1. The first-order valence-electron chi connectivity index (χ1n) is 8.25. The van der Waals surface area contributed by atoms with Gasteiger partial charge in [0.15, 0.2) is 0 Å². The second kappa shape index (κ2) is 6.44. The number of benzene rings is 1. The summed E-state index contributed by atoms with van der Waals surface area (Å²) in [6.45, 7) is 10.5. The van der Waals surface area contributed by atoms with Crippen molar-refractivity contribution in [3.63, 3.8) is 0 Å². The molecule has 5 heteroatoms. The highest BCUT2D eigenvalue weighted by molar-refractivity contribution is 9.10. The molecule has 0 aromatic heterocycles. The molecule has 2 aliphatic rings. The maximum absolute atomic E-state index is 12.2. The van der Waals surface area contributed by atoms with Crippen molar-refractivity contribution in [1.29, 1.82) is 0 Å². The Morgan fingerprint density at radius 3 is 2.22 bits per heavy atom. The van der Waals surface area contributed by atoms with Gasteiger partial charge >= 0.3 is 6.09 Å². The number of nitrogens with zero attached hydrogens (tertiary/aromatic N) is 2. The van der Waals surface area contributed by atoms with Gasteiger partial charge in [0.1, 0.15) is 5.60 Å². The van der Waals surface area contributed by atoms with E-state index in [0.717, 1.165) is 37.2 Å². The minimum Gasteiger partial charge on any atom is -0.444 e. The van der Waals surface area contributed by atoms with Crippen molar-refractivity contribution in [2.24, 2.45) is 11.8 Å². The molecule has 0 saturated carbocycles. The Morgan fingerprint density at radius 1 is 1.13 bits per heavy atom. The first-order valence-corrected chi connectivity index (χ1v) is 9.04. The lowest BCUT2D eigenvalue weighted by Crippen LogP contribution is -2.37. The molecule has 2 fully saturated rings. The number of halogens is 1. The Bertz CT molecular complexity index is 553. The predicted molar refractivity (Wildman–Crippen MR) is 94.2 cm³/mol. The third-order valence-corrected chi connectivity index (χ3v) is 5.06. The highest BCUT2D eigenvalue weighted by atomic mass is 79.9. The summed E-state index contributed by atoms with van der Waals surface area (Å²) in [7, 11) is 0. The van der Waals surface area contributed by atoms with Crippen molar-refractivity contribution in [3.8, 4) is 0 Å². The molecule has 1 aromatic carbocycles. The standard InChI is InChI=1S/C18H25BrN2O2/c1-18(2,3)23-17(22)21-11-14-9-20(10-15(14)12-21)8-13-4-6-16(19)7-5-13/h4-7,14-15H,8-12H2,1-3H3. The Kier molecular flexibility index (Phi) is 4.70. The van der Waals surface area contributed by atoms with Crippen molar-refractivity contribution >= 4 is 22.0 Å². The zero-order valence-electron chi connectivity index (χ0n) is 14.1. The molecule has 1 aromatic rings. The Labute approximate surface area is 146 Å². The van der Waals surface area contributed by atoms with Gasteiger partial charge in [-0.1, -0.05) is 28.1 Å². The Hall–Kier alpha value is -1.07. The van der Waals surface area contributed by atoms with Crippen LogP contribution < -0.4 is 0 Å². The monoisotopic (exact) mass is 380 g/mol. The highest BCUT2D eigenvalue weighted by Gasteiger charge is 2.42. The fourth-order valence-corrected chi connectivity index (χ4v) is 3.81. The van der Waals surface area contributed by atoms with Gasteiger partial charge in [-0.05, 0) is 50.3 Å². The number of carbonyl (C=O) groups excluding carboxylic acids is 1. The second-order valence-electron chi connectivity index (χ2n) is 7.73. The van der Waals surface area contributed by atoms with E-state index in [4.69, 9.17) is 4.74 Å². The van der Waals surface area contributed by atoms with Crippen LogP contribution in [0.4, 0.5) is 4.79 Å². The number of carbonyl (C=O) groups is 1. The maximum atomic E-state index is 12.2. The van der Waals surface area contributed by atoms with Gasteiger partial charge in [0.05, 0.1) is 0 Å². The predicted octanol–water partition coefficient (Wildman–Crippen LogP) is 3.75. The molecule has 0 radical (unpaired) electrons. The van der Waals surface area contributed by atoms with Gasteiger partial charge in [-0.3, -0.25) is 4.90 Å². The first kappa shape index (κ1) is 16.8. The molecule has 2 saturated heterocycles. The van der Waals surface area contributed by atoms with Gasteiger partial charge in [-0.2, -0.15) is 0 Å². The normalized spacial score (nSPS) is 24.8. The summed E-state index contributed by atoms with van der Waals surface area (Å²) >= 11 is 3.48. The molecule has 2 atom stereocenters. The molecule has 1 amide bonds. The van der Waals surface area contributed by atoms with E-state index < -0.39 is 5.60 Å². The number of likely N-dealkylation sites (tertiary alicyclic amines) is 2. The first-order chi connectivity index (χ1) is 10.8. The van der Waals surface area contributed by atoms with Crippen molar-refractivity contribution in [1.82, 2.24) is 9.80 Å². The molecule has 126 valence electrons. The van der Waals surface area contributed by atoms with Crippen molar-refractivity contribution in [3.05, 3.63) is 34.3 Å². The average Bonchev–Trinajstić information content (AvgIpc) is 2.97. The third kappa shape index (κ3) is 4.27. The largest absolute Gasteiger partial charge is 0.444 e. The smallest absolute Gasteiger partial charge is 0.410 e. The summed E-state index contributed by atoms with van der Waals surface area (Å²) in [4.78, 5) is 16.6. The topological polar surface area (TPSA) is 32.8 Å². The fraction of sp³-hybridized carbons (Fsp3) is 0.611. The Balaban J connectivity index is 1.51. The van der Waals surface area contributed by atoms with Crippen molar-refractivity contribution in [2.75, 3.05) is 26.2 Å². The summed E-state index contributed by atoms with van der Waals surface area (Å²) in [6, 6.07) is 8.53. The van der Waals surface area contributed by atoms with E-state index in [2.05, 4.69) is 45.1 Å². The van der Waals surface area contributed by atoms with Crippen LogP contribution in [0.2, 0.25) is 0 Å². The van der Waals surface area contributed by atoms with Crippen LogP contribution in [0.1, 0.15) is 26.3 Å². The van der Waals surface area contributed by atoms with Crippen LogP contribution in [0.15, 0.2) is 28.7 Å². The molecule has 0 spiro atoms. The summed E-state index contributed by atoms with van der Waals surface area (Å²) in [5.74, 6) is 1.16. The molecule has 2 aliphatic heterocycles. The molecule has 4 nitrogen and oxygen atoms in total. The number of ether oxygens (including phenoxy) is 1. The number of hydrogen-bond donors (Lipinski definition) is 0. The van der Waals surface area contributed by atoms with Gasteiger partial charge in [-0.15, -0.1) is 0 Å². The third-order valence-electron chi connectivity index (χ3n) is 4.53. The lowest BCUT2D eigenvalue weighted by Gasteiger charge is -2.26. The zero-order valence-corrected chi connectivity index (χ0v) is 15.7. The fourth-order valence-electron chi connectivity index (χ4n) is 3.54. The van der Waals surface area contributed by atoms with E-state index in [1.165, 1.54) is 5.56 Å². The van der Waals surface area contributed by atoms with Crippen LogP contribution in [-0.2, 0) is 11.3 Å². The van der Waals surface area contributed by atoms with Crippen LogP contribution in [0.5, 0.6) is 0 Å². The number of hydrogen-bond acceptors (Lipinski definition) is 3. The summed E-state index contributed by atoms with van der Waals surface area (Å²) in [6.07, 6.45) is -0.161. The minimum atomic E-state index is -0.414. The van der Waals surface area contributed by atoms with Crippen LogP contribution in [0.25, 0.3) is 0 Å². The number of rotatable bonds is 2. The summed E-state index contributed by atoms with van der Waals surface area (Å²) < 4.78 is 6.61. The van der Waals surface area contributed by atoms with Gasteiger partial charge in [0.2, 0.25) is 0 Å². The van der Waals surface area contributed by atoms with Crippen molar-refractivity contribution in [2.45, 2.75) is 32.9 Å². The molecule has 0 aliphatic carbocycles. The van der Waals surface area contributed by atoms with Gasteiger partial charge in [0.25, 0.3) is 0 Å². The zero-order chi connectivity index (χ0) is 16.6. The lowest BCUT2D eigenvalue weighted by atomic mass is 10.0. The van der Waals surface area contributed by atoms with Crippen LogP contribution >= 0.6 is 15.9 Å². The van der Waals surface area contributed by atoms with Crippen LogP contribution in [0, 0.1) is 11.8 Å².